The third kappa shape index (κ3) is 3.39. The van der Waals surface area contributed by atoms with Crippen LogP contribution < -0.4 is 18.9 Å². The summed E-state index contributed by atoms with van der Waals surface area (Å²) in [5, 5.41) is 18.0. The van der Waals surface area contributed by atoms with Crippen molar-refractivity contribution < 1.29 is 28.8 Å². The van der Waals surface area contributed by atoms with Crippen LogP contribution in [-0.4, -0.2) is 47.1 Å². The van der Waals surface area contributed by atoms with Gasteiger partial charge >= 0.3 is 0 Å². The number of carbonyl (C=O) groups excluding carboxylic acids is 1. The number of ether oxygens (including phenoxy) is 4. The Kier molecular flexibility index (Phi) is 5.18. The summed E-state index contributed by atoms with van der Waals surface area (Å²) in [7, 11) is 2.95. The normalized spacial score (nSPS) is 15.8. The van der Waals surface area contributed by atoms with Crippen molar-refractivity contribution in [1.29, 1.82) is 0 Å². The third-order valence-corrected chi connectivity index (χ3v) is 6.52. The van der Waals surface area contributed by atoms with Gasteiger partial charge in [0.15, 0.2) is 23.0 Å². The Morgan fingerprint density at radius 1 is 1.03 bits per heavy atom. The molecule has 3 heterocycles. The molecule has 2 N–H and O–H groups in total. The van der Waals surface area contributed by atoms with Crippen LogP contribution >= 0.6 is 0 Å². The Labute approximate surface area is 206 Å². The summed E-state index contributed by atoms with van der Waals surface area (Å²) < 4.78 is 21.8. The third-order valence-electron chi connectivity index (χ3n) is 6.52. The number of aromatic nitrogens is 2. The van der Waals surface area contributed by atoms with E-state index < -0.39 is 6.04 Å². The van der Waals surface area contributed by atoms with Crippen molar-refractivity contribution in [2.45, 2.75) is 12.6 Å². The molecule has 0 spiro atoms. The number of amides is 1. The number of H-pyrrole nitrogens is 1. The molecule has 4 aromatic rings. The van der Waals surface area contributed by atoms with Crippen molar-refractivity contribution in [3.8, 4) is 40.0 Å². The zero-order valence-corrected chi connectivity index (χ0v) is 19.6. The summed E-state index contributed by atoms with van der Waals surface area (Å²) in [5.74, 6) is 1.53. The molecule has 36 heavy (non-hydrogen) atoms. The highest BCUT2D eigenvalue weighted by Gasteiger charge is 2.43. The highest BCUT2D eigenvalue weighted by Crippen LogP contribution is 2.47. The number of aromatic hydroxyl groups is 1. The molecule has 6 rings (SSSR count). The van der Waals surface area contributed by atoms with E-state index in [-0.39, 0.29) is 29.9 Å². The quantitative estimate of drug-likeness (QED) is 0.420. The molecule has 0 fully saturated rings. The average molecular weight is 485 g/mol. The van der Waals surface area contributed by atoms with E-state index in [1.165, 1.54) is 14.2 Å². The molecule has 1 aromatic heterocycles. The lowest BCUT2D eigenvalue weighted by Gasteiger charge is -2.27. The van der Waals surface area contributed by atoms with Crippen molar-refractivity contribution in [3.63, 3.8) is 0 Å². The van der Waals surface area contributed by atoms with Gasteiger partial charge in [0.05, 0.1) is 26.0 Å². The van der Waals surface area contributed by atoms with Gasteiger partial charge < -0.3 is 29.0 Å². The Hall–Kier alpha value is -4.66. The maximum absolute atomic E-state index is 13.7. The first-order valence-electron chi connectivity index (χ1n) is 11.4. The smallest absolute Gasteiger partial charge is 0.273 e. The second-order valence-corrected chi connectivity index (χ2v) is 8.52. The molecule has 1 amide bonds. The van der Waals surface area contributed by atoms with Gasteiger partial charge in [-0.05, 0) is 35.4 Å². The SMILES string of the molecule is COc1cc(C2c3c(-c4ccccc4)n[nH]c3C(=O)N2Cc2ccc3c(c2)OCO3)cc(OC)c1O. The molecule has 182 valence electrons. The molecule has 0 saturated carbocycles. The minimum atomic E-state index is -0.518. The molecule has 0 saturated heterocycles. The number of carbonyl (C=O) groups is 1. The monoisotopic (exact) mass is 485 g/mol. The Bertz CT molecular complexity index is 1440. The molecular weight excluding hydrogens is 462 g/mol. The van der Waals surface area contributed by atoms with Crippen LogP contribution in [0, 0.1) is 0 Å². The number of fused-ring (bicyclic) bond motifs is 2. The minimum Gasteiger partial charge on any atom is -0.502 e. The number of aromatic amines is 1. The van der Waals surface area contributed by atoms with Crippen molar-refractivity contribution in [1.82, 2.24) is 15.1 Å². The van der Waals surface area contributed by atoms with Gasteiger partial charge in [-0.1, -0.05) is 36.4 Å². The van der Waals surface area contributed by atoms with Crippen LogP contribution in [0.5, 0.6) is 28.7 Å². The summed E-state index contributed by atoms with van der Waals surface area (Å²) >= 11 is 0. The molecule has 3 aromatic carbocycles. The number of nitrogens with one attached hydrogen (secondary N) is 1. The van der Waals surface area contributed by atoms with Crippen LogP contribution in [0.1, 0.15) is 33.2 Å². The highest BCUT2D eigenvalue weighted by atomic mass is 16.7. The lowest BCUT2D eigenvalue weighted by Crippen LogP contribution is -2.29. The van der Waals surface area contributed by atoms with E-state index in [4.69, 9.17) is 18.9 Å². The molecular formula is C27H23N3O6. The molecule has 0 bridgehead atoms. The van der Waals surface area contributed by atoms with Gasteiger partial charge in [0.2, 0.25) is 12.5 Å². The second kappa shape index (κ2) is 8.53. The van der Waals surface area contributed by atoms with Crippen LogP contribution in [0.15, 0.2) is 60.7 Å². The molecule has 1 unspecified atom stereocenters. The van der Waals surface area contributed by atoms with E-state index in [0.29, 0.717) is 35.0 Å². The Balaban J connectivity index is 1.50. The van der Waals surface area contributed by atoms with E-state index >= 15 is 0 Å². The summed E-state index contributed by atoms with van der Waals surface area (Å²) in [6.45, 7) is 0.482. The summed E-state index contributed by atoms with van der Waals surface area (Å²) in [4.78, 5) is 15.5. The average Bonchev–Trinajstić information content (AvgIpc) is 3.61. The van der Waals surface area contributed by atoms with Crippen molar-refractivity contribution in [2.24, 2.45) is 0 Å². The first kappa shape index (κ1) is 21.8. The van der Waals surface area contributed by atoms with E-state index in [9.17, 15) is 9.90 Å². The van der Waals surface area contributed by atoms with Crippen LogP contribution in [-0.2, 0) is 6.54 Å². The summed E-state index contributed by atoms with van der Waals surface area (Å²) in [5.41, 5.74) is 4.34. The highest BCUT2D eigenvalue weighted by molar-refractivity contribution is 6.00. The summed E-state index contributed by atoms with van der Waals surface area (Å²) in [6, 6.07) is 18.3. The Morgan fingerprint density at radius 3 is 2.47 bits per heavy atom. The van der Waals surface area contributed by atoms with Gasteiger partial charge in [0.25, 0.3) is 5.91 Å². The maximum Gasteiger partial charge on any atom is 0.273 e. The zero-order valence-electron chi connectivity index (χ0n) is 19.6. The van der Waals surface area contributed by atoms with Crippen LogP contribution in [0.2, 0.25) is 0 Å². The van der Waals surface area contributed by atoms with Crippen molar-refractivity contribution in [2.75, 3.05) is 21.0 Å². The number of hydrogen-bond donors (Lipinski definition) is 2. The molecule has 0 radical (unpaired) electrons. The molecule has 0 aliphatic carbocycles. The van der Waals surface area contributed by atoms with Crippen LogP contribution in [0.4, 0.5) is 0 Å². The van der Waals surface area contributed by atoms with Gasteiger partial charge in [-0.25, -0.2) is 0 Å². The minimum absolute atomic E-state index is 0.105. The summed E-state index contributed by atoms with van der Waals surface area (Å²) in [6.07, 6.45) is 0. The Morgan fingerprint density at radius 2 is 1.75 bits per heavy atom. The number of methoxy groups -OCH3 is 2. The van der Waals surface area contributed by atoms with Gasteiger partial charge in [-0.3, -0.25) is 9.89 Å². The topological polar surface area (TPSA) is 106 Å². The first-order chi connectivity index (χ1) is 17.6. The number of rotatable bonds is 6. The first-order valence-corrected chi connectivity index (χ1v) is 11.4. The van der Waals surface area contributed by atoms with E-state index in [2.05, 4.69) is 10.2 Å². The fourth-order valence-corrected chi connectivity index (χ4v) is 4.83. The lowest BCUT2D eigenvalue weighted by molar-refractivity contribution is 0.0729. The molecule has 1 atom stereocenters. The molecule has 2 aliphatic heterocycles. The maximum atomic E-state index is 13.7. The fourth-order valence-electron chi connectivity index (χ4n) is 4.83. The second-order valence-electron chi connectivity index (χ2n) is 8.52. The predicted octanol–water partition coefficient (Wildman–Crippen LogP) is 4.27. The van der Waals surface area contributed by atoms with E-state index in [0.717, 1.165) is 16.7 Å². The van der Waals surface area contributed by atoms with Crippen molar-refractivity contribution in [3.05, 3.63) is 83.0 Å². The largest absolute Gasteiger partial charge is 0.502 e. The number of hydrogen-bond acceptors (Lipinski definition) is 7. The van der Waals surface area contributed by atoms with E-state index in [1.807, 2.05) is 48.5 Å². The van der Waals surface area contributed by atoms with Crippen molar-refractivity contribution >= 4 is 5.91 Å². The van der Waals surface area contributed by atoms with Gasteiger partial charge in [0.1, 0.15) is 5.69 Å². The number of phenolic OH excluding ortho intramolecular Hbond substituents is 1. The number of benzene rings is 3. The van der Waals surface area contributed by atoms with Gasteiger partial charge in [-0.15, -0.1) is 0 Å². The molecule has 2 aliphatic rings. The predicted molar refractivity (Wildman–Crippen MR) is 130 cm³/mol. The fraction of sp³-hybridized carbons (Fsp3) is 0.185. The standard InChI is InChI=1S/C27H23N3O6/c1-33-20-11-17(12-21(34-2)26(20)31)25-22-23(16-6-4-3-5-7-16)28-29-24(22)27(32)30(25)13-15-8-9-18-19(10-15)36-14-35-18/h3-12,25,31H,13-14H2,1-2H3,(H,28,29). The van der Waals surface area contributed by atoms with E-state index in [1.54, 1.807) is 17.0 Å². The molecule has 9 heteroatoms. The lowest BCUT2D eigenvalue weighted by atomic mass is 9.95. The number of phenols is 1. The molecule has 9 nitrogen and oxygen atoms in total. The zero-order chi connectivity index (χ0) is 24.8. The van der Waals surface area contributed by atoms with Crippen LogP contribution in [0.25, 0.3) is 11.3 Å². The van der Waals surface area contributed by atoms with Crippen LogP contribution in [0.3, 0.4) is 0 Å². The van der Waals surface area contributed by atoms with Gasteiger partial charge in [0, 0.05) is 17.7 Å². The number of nitrogens with zero attached hydrogens (tertiary/aromatic N) is 2. The van der Waals surface area contributed by atoms with Gasteiger partial charge in [-0.2, -0.15) is 5.10 Å².